The SMILES string of the molecule is CNC(Cc1ccc([N+](=O)[O-])cc1)c1ccccc1OC. The molecular weight excluding hydrogens is 268 g/mol. The monoisotopic (exact) mass is 286 g/mol. The lowest BCUT2D eigenvalue weighted by atomic mass is 9.98. The van der Waals surface area contributed by atoms with Gasteiger partial charge in [0.2, 0.25) is 0 Å². The van der Waals surface area contributed by atoms with E-state index in [1.807, 2.05) is 31.3 Å². The second kappa shape index (κ2) is 6.85. The van der Waals surface area contributed by atoms with Gasteiger partial charge in [0.1, 0.15) is 5.75 Å². The second-order valence-corrected chi connectivity index (χ2v) is 4.71. The molecule has 0 saturated carbocycles. The second-order valence-electron chi connectivity index (χ2n) is 4.71. The van der Waals surface area contributed by atoms with Gasteiger partial charge < -0.3 is 10.1 Å². The van der Waals surface area contributed by atoms with Crippen LogP contribution in [0.15, 0.2) is 48.5 Å². The van der Waals surface area contributed by atoms with Crippen molar-refractivity contribution in [3.8, 4) is 5.75 Å². The van der Waals surface area contributed by atoms with Crippen molar-refractivity contribution < 1.29 is 9.66 Å². The first-order valence-electron chi connectivity index (χ1n) is 6.69. The average Bonchev–Trinajstić information content (AvgIpc) is 2.53. The first-order chi connectivity index (χ1) is 10.2. The van der Waals surface area contributed by atoms with Crippen molar-refractivity contribution in [2.75, 3.05) is 14.2 Å². The van der Waals surface area contributed by atoms with Crippen LogP contribution in [-0.2, 0) is 6.42 Å². The Kier molecular flexibility index (Phi) is 4.90. The predicted molar refractivity (Wildman–Crippen MR) is 81.6 cm³/mol. The van der Waals surface area contributed by atoms with E-state index in [-0.39, 0.29) is 16.7 Å². The molecule has 0 heterocycles. The van der Waals surface area contributed by atoms with E-state index in [9.17, 15) is 10.1 Å². The van der Waals surface area contributed by atoms with E-state index in [0.29, 0.717) is 0 Å². The fourth-order valence-electron chi connectivity index (χ4n) is 2.31. The van der Waals surface area contributed by atoms with Crippen LogP contribution in [-0.4, -0.2) is 19.1 Å². The van der Waals surface area contributed by atoms with Gasteiger partial charge >= 0.3 is 0 Å². The highest BCUT2D eigenvalue weighted by Gasteiger charge is 2.15. The van der Waals surface area contributed by atoms with Crippen LogP contribution in [0.25, 0.3) is 0 Å². The number of para-hydroxylation sites is 1. The van der Waals surface area contributed by atoms with E-state index in [2.05, 4.69) is 5.32 Å². The number of benzene rings is 2. The number of hydrogen-bond acceptors (Lipinski definition) is 4. The number of nitro groups is 1. The molecule has 0 spiro atoms. The van der Waals surface area contributed by atoms with Crippen LogP contribution >= 0.6 is 0 Å². The molecule has 0 amide bonds. The molecule has 5 nitrogen and oxygen atoms in total. The molecule has 2 rings (SSSR count). The average molecular weight is 286 g/mol. The molecule has 0 aliphatic rings. The molecule has 0 fully saturated rings. The summed E-state index contributed by atoms with van der Waals surface area (Å²) < 4.78 is 5.39. The van der Waals surface area contributed by atoms with Crippen LogP contribution in [0.4, 0.5) is 5.69 Å². The van der Waals surface area contributed by atoms with Crippen molar-refractivity contribution in [2.24, 2.45) is 0 Å². The Balaban J connectivity index is 2.20. The first-order valence-corrected chi connectivity index (χ1v) is 6.69. The van der Waals surface area contributed by atoms with Gasteiger partial charge in [-0.1, -0.05) is 30.3 Å². The summed E-state index contributed by atoms with van der Waals surface area (Å²) in [5, 5.41) is 13.9. The minimum Gasteiger partial charge on any atom is -0.496 e. The number of likely N-dealkylation sites (N-methyl/N-ethyl adjacent to an activating group) is 1. The van der Waals surface area contributed by atoms with Crippen LogP contribution in [0.1, 0.15) is 17.2 Å². The van der Waals surface area contributed by atoms with Gasteiger partial charge in [0.15, 0.2) is 0 Å². The summed E-state index contributed by atoms with van der Waals surface area (Å²) in [6.07, 6.45) is 0.731. The number of nitrogens with zero attached hydrogens (tertiary/aromatic N) is 1. The van der Waals surface area contributed by atoms with E-state index in [1.165, 1.54) is 12.1 Å². The smallest absolute Gasteiger partial charge is 0.269 e. The minimum absolute atomic E-state index is 0.0857. The Hall–Kier alpha value is -2.40. The van der Waals surface area contributed by atoms with Gasteiger partial charge in [-0.15, -0.1) is 0 Å². The molecule has 0 aliphatic carbocycles. The Morgan fingerprint density at radius 1 is 1.19 bits per heavy atom. The van der Waals surface area contributed by atoms with E-state index in [0.717, 1.165) is 23.3 Å². The lowest BCUT2D eigenvalue weighted by Gasteiger charge is -2.19. The number of nitro benzene ring substituents is 1. The van der Waals surface area contributed by atoms with Crippen LogP contribution in [0.5, 0.6) is 5.75 Å². The van der Waals surface area contributed by atoms with Gasteiger partial charge in [-0.05, 0) is 25.1 Å². The molecule has 5 heteroatoms. The summed E-state index contributed by atoms with van der Waals surface area (Å²) in [5.74, 6) is 0.832. The number of ether oxygens (including phenoxy) is 1. The zero-order valence-corrected chi connectivity index (χ0v) is 12.1. The number of non-ortho nitro benzene ring substituents is 1. The van der Waals surface area contributed by atoms with Gasteiger partial charge in [0.05, 0.1) is 12.0 Å². The van der Waals surface area contributed by atoms with E-state index >= 15 is 0 Å². The lowest BCUT2D eigenvalue weighted by molar-refractivity contribution is -0.384. The van der Waals surface area contributed by atoms with E-state index in [1.54, 1.807) is 19.2 Å². The number of nitrogens with one attached hydrogen (secondary N) is 1. The van der Waals surface area contributed by atoms with Crippen molar-refractivity contribution in [1.29, 1.82) is 0 Å². The van der Waals surface area contributed by atoms with Gasteiger partial charge in [-0.2, -0.15) is 0 Å². The van der Waals surface area contributed by atoms with Crippen molar-refractivity contribution in [3.63, 3.8) is 0 Å². The van der Waals surface area contributed by atoms with E-state index in [4.69, 9.17) is 4.74 Å². The molecule has 110 valence electrons. The predicted octanol–water partition coefficient (Wildman–Crippen LogP) is 3.11. The molecule has 0 aromatic heterocycles. The van der Waals surface area contributed by atoms with Crippen molar-refractivity contribution in [3.05, 3.63) is 69.8 Å². The number of hydrogen-bond donors (Lipinski definition) is 1. The molecule has 1 N–H and O–H groups in total. The van der Waals surface area contributed by atoms with Gasteiger partial charge in [0.25, 0.3) is 5.69 Å². The fraction of sp³-hybridized carbons (Fsp3) is 0.250. The number of rotatable bonds is 6. The van der Waals surface area contributed by atoms with Crippen molar-refractivity contribution in [2.45, 2.75) is 12.5 Å². The maximum Gasteiger partial charge on any atom is 0.269 e. The van der Waals surface area contributed by atoms with Crippen LogP contribution in [0.3, 0.4) is 0 Å². The fourth-order valence-corrected chi connectivity index (χ4v) is 2.31. The zero-order chi connectivity index (χ0) is 15.2. The molecule has 0 radical (unpaired) electrons. The summed E-state index contributed by atoms with van der Waals surface area (Å²) in [4.78, 5) is 10.3. The molecule has 1 atom stereocenters. The molecular formula is C16H18N2O3. The lowest BCUT2D eigenvalue weighted by Crippen LogP contribution is -2.19. The maximum absolute atomic E-state index is 10.7. The topological polar surface area (TPSA) is 64.4 Å². The van der Waals surface area contributed by atoms with Crippen molar-refractivity contribution >= 4 is 5.69 Å². The standard InChI is InChI=1S/C16H18N2O3/c1-17-15(14-5-3-4-6-16(14)21-2)11-12-7-9-13(10-8-12)18(19)20/h3-10,15,17H,11H2,1-2H3. The highest BCUT2D eigenvalue weighted by atomic mass is 16.6. The molecule has 2 aromatic carbocycles. The third kappa shape index (κ3) is 3.58. The number of methoxy groups -OCH3 is 1. The molecule has 1 unspecified atom stereocenters. The summed E-state index contributed by atoms with van der Waals surface area (Å²) >= 11 is 0. The molecule has 0 aliphatic heterocycles. The summed E-state index contributed by atoms with van der Waals surface area (Å²) in [6.45, 7) is 0. The van der Waals surface area contributed by atoms with Gasteiger partial charge in [-0.3, -0.25) is 10.1 Å². The molecule has 0 saturated heterocycles. The third-order valence-electron chi connectivity index (χ3n) is 3.45. The Labute approximate surface area is 123 Å². The summed E-state index contributed by atoms with van der Waals surface area (Å²) in [6, 6.07) is 14.6. The van der Waals surface area contributed by atoms with Crippen LogP contribution < -0.4 is 10.1 Å². The minimum atomic E-state index is -0.389. The van der Waals surface area contributed by atoms with Crippen molar-refractivity contribution in [1.82, 2.24) is 5.32 Å². The molecule has 2 aromatic rings. The highest BCUT2D eigenvalue weighted by molar-refractivity contribution is 5.38. The molecule has 21 heavy (non-hydrogen) atoms. The largest absolute Gasteiger partial charge is 0.496 e. The first kappa shape index (κ1) is 15.0. The Morgan fingerprint density at radius 2 is 1.86 bits per heavy atom. The zero-order valence-electron chi connectivity index (χ0n) is 12.1. The maximum atomic E-state index is 10.7. The Bertz CT molecular complexity index is 611. The summed E-state index contributed by atoms with van der Waals surface area (Å²) in [5.41, 5.74) is 2.21. The van der Waals surface area contributed by atoms with Gasteiger partial charge in [-0.25, -0.2) is 0 Å². The Morgan fingerprint density at radius 3 is 2.43 bits per heavy atom. The molecule has 0 bridgehead atoms. The normalized spacial score (nSPS) is 11.9. The van der Waals surface area contributed by atoms with Crippen LogP contribution in [0, 0.1) is 10.1 Å². The van der Waals surface area contributed by atoms with E-state index < -0.39 is 0 Å². The quantitative estimate of drug-likeness (QED) is 0.654. The van der Waals surface area contributed by atoms with Gasteiger partial charge in [0, 0.05) is 23.7 Å². The van der Waals surface area contributed by atoms with Crippen LogP contribution in [0.2, 0.25) is 0 Å². The third-order valence-corrected chi connectivity index (χ3v) is 3.45. The summed E-state index contributed by atoms with van der Waals surface area (Å²) in [7, 11) is 3.54. The highest BCUT2D eigenvalue weighted by Crippen LogP contribution is 2.27.